The molecule has 5 rings (SSSR count). The van der Waals surface area contributed by atoms with Gasteiger partial charge in [0.1, 0.15) is 11.6 Å². The Morgan fingerprint density at radius 2 is 1.75 bits per heavy atom. The van der Waals surface area contributed by atoms with Crippen molar-refractivity contribution in [3.05, 3.63) is 76.9 Å². The molecule has 2 aliphatic rings. The van der Waals surface area contributed by atoms with Crippen LogP contribution in [0, 0.1) is 0 Å². The summed E-state index contributed by atoms with van der Waals surface area (Å²) >= 11 is 6.58. The Labute approximate surface area is 236 Å². The number of piperazine rings is 1. The highest BCUT2D eigenvalue weighted by molar-refractivity contribution is 6.36. The van der Waals surface area contributed by atoms with Crippen LogP contribution in [0.2, 0.25) is 5.02 Å². The molecular weight excluding hydrogens is 543 g/mol. The second-order valence-electron chi connectivity index (χ2n) is 10.0. The standard InChI is InChI=1S/C29H31ClF3N5O2/c30-27-24(21-5-7-23(8-6-21)40-29(31,32)33)2-1-3-25(27)28(39)36-22-10-14-37(15-11-22)19-20-4-9-26(35-18-20)38-16-12-34-13-17-38/h1-9,18,22,34H,10-17,19H2,(H,36,39). The van der Waals surface area contributed by atoms with Gasteiger partial charge in [-0.2, -0.15) is 0 Å². The van der Waals surface area contributed by atoms with Crippen molar-refractivity contribution in [1.29, 1.82) is 0 Å². The Kier molecular flexibility index (Phi) is 8.78. The predicted octanol–water partition coefficient (Wildman–Crippen LogP) is 5.10. The van der Waals surface area contributed by atoms with Gasteiger partial charge in [-0.25, -0.2) is 4.98 Å². The van der Waals surface area contributed by atoms with E-state index in [1.54, 1.807) is 18.2 Å². The van der Waals surface area contributed by atoms with Gasteiger partial charge in [-0.1, -0.05) is 41.9 Å². The molecule has 3 aromatic rings. The van der Waals surface area contributed by atoms with E-state index in [0.29, 0.717) is 16.7 Å². The van der Waals surface area contributed by atoms with Crippen molar-refractivity contribution in [2.24, 2.45) is 0 Å². The van der Waals surface area contributed by atoms with Crippen LogP contribution in [0.25, 0.3) is 11.1 Å². The van der Waals surface area contributed by atoms with Gasteiger partial charge in [-0.05, 0) is 48.2 Å². The number of piperidine rings is 1. The van der Waals surface area contributed by atoms with E-state index in [2.05, 4.69) is 42.3 Å². The third-order valence-electron chi connectivity index (χ3n) is 7.22. The van der Waals surface area contributed by atoms with Gasteiger partial charge in [0, 0.05) is 63.6 Å². The lowest BCUT2D eigenvalue weighted by Crippen LogP contribution is -2.44. The molecule has 2 aliphatic heterocycles. The van der Waals surface area contributed by atoms with Gasteiger partial charge in [0.05, 0.1) is 10.6 Å². The molecule has 2 fully saturated rings. The highest BCUT2D eigenvalue weighted by Crippen LogP contribution is 2.33. The number of aromatic nitrogens is 1. The van der Waals surface area contributed by atoms with Crippen LogP contribution in [0.5, 0.6) is 5.75 Å². The largest absolute Gasteiger partial charge is 0.573 e. The van der Waals surface area contributed by atoms with Gasteiger partial charge in [0.2, 0.25) is 0 Å². The minimum Gasteiger partial charge on any atom is -0.406 e. The molecule has 1 amide bonds. The Morgan fingerprint density at radius 1 is 1.02 bits per heavy atom. The van der Waals surface area contributed by atoms with Crippen molar-refractivity contribution in [2.75, 3.05) is 44.2 Å². The summed E-state index contributed by atoms with van der Waals surface area (Å²) in [7, 11) is 0. The molecule has 1 aromatic heterocycles. The van der Waals surface area contributed by atoms with Crippen LogP contribution in [-0.2, 0) is 6.54 Å². The molecule has 0 saturated carbocycles. The van der Waals surface area contributed by atoms with Crippen molar-refractivity contribution < 1.29 is 22.7 Å². The maximum absolute atomic E-state index is 13.1. The lowest BCUT2D eigenvalue weighted by atomic mass is 10.0. The van der Waals surface area contributed by atoms with Crippen molar-refractivity contribution in [1.82, 2.24) is 20.5 Å². The predicted molar refractivity (Wildman–Crippen MR) is 149 cm³/mol. The Hall–Kier alpha value is -3.34. The molecule has 212 valence electrons. The number of anilines is 1. The zero-order chi connectivity index (χ0) is 28.1. The second-order valence-corrected chi connectivity index (χ2v) is 10.4. The van der Waals surface area contributed by atoms with Gasteiger partial charge in [-0.3, -0.25) is 9.69 Å². The summed E-state index contributed by atoms with van der Waals surface area (Å²) in [6, 6.07) is 14.7. The summed E-state index contributed by atoms with van der Waals surface area (Å²) in [5, 5.41) is 6.70. The van der Waals surface area contributed by atoms with E-state index in [9.17, 15) is 18.0 Å². The summed E-state index contributed by atoms with van der Waals surface area (Å²) in [5.41, 5.74) is 2.63. The van der Waals surface area contributed by atoms with E-state index in [1.807, 2.05) is 6.20 Å². The van der Waals surface area contributed by atoms with Gasteiger partial charge in [0.25, 0.3) is 5.91 Å². The molecule has 2 aromatic carbocycles. The second kappa shape index (κ2) is 12.4. The van der Waals surface area contributed by atoms with Crippen LogP contribution in [-0.4, -0.2) is 67.5 Å². The van der Waals surface area contributed by atoms with Crippen molar-refractivity contribution in [3.8, 4) is 16.9 Å². The zero-order valence-corrected chi connectivity index (χ0v) is 22.6. The van der Waals surface area contributed by atoms with Crippen molar-refractivity contribution in [2.45, 2.75) is 31.8 Å². The molecule has 3 heterocycles. The van der Waals surface area contributed by atoms with E-state index in [-0.39, 0.29) is 22.7 Å². The highest BCUT2D eigenvalue weighted by Gasteiger charge is 2.31. The van der Waals surface area contributed by atoms with Gasteiger partial charge in [0.15, 0.2) is 0 Å². The SMILES string of the molecule is O=C(NC1CCN(Cc2ccc(N3CCNCC3)nc2)CC1)c1cccc(-c2ccc(OC(F)(F)F)cc2)c1Cl. The Morgan fingerprint density at radius 3 is 2.40 bits per heavy atom. The molecule has 11 heteroatoms. The van der Waals surface area contributed by atoms with Gasteiger partial charge in [-0.15, -0.1) is 13.2 Å². The van der Waals surface area contributed by atoms with Crippen LogP contribution in [0.4, 0.5) is 19.0 Å². The third kappa shape index (κ3) is 7.24. The molecule has 2 N–H and O–H groups in total. The fraction of sp³-hybridized carbons (Fsp3) is 0.379. The number of halogens is 4. The van der Waals surface area contributed by atoms with Crippen molar-refractivity contribution in [3.63, 3.8) is 0 Å². The number of carbonyl (C=O) groups excluding carboxylic acids is 1. The minimum absolute atomic E-state index is 0.0236. The summed E-state index contributed by atoms with van der Waals surface area (Å²) in [5.74, 6) is 0.424. The van der Waals surface area contributed by atoms with Crippen LogP contribution in [0.15, 0.2) is 60.8 Å². The van der Waals surface area contributed by atoms with Crippen LogP contribution in [0.3, 0.4) is 0 Å². The number of benzene rings is 2. The van der Waals surface area contributed by atoms with E-state index in [1.165, 1.54) is 29.8 Å². The minimum atomic E-state index is -4.76. The quantitative estimate of drug-likeness (QED) is 0.410. The lowest BCUT2D eigenvalue weighted by molar-refractivity contribution is -0.274. The van der Waals surface area contributed by atoms with E-state index in [0.717, 1.165) is 64.5 Å². The van der Waals surface area contributed by atoms with Crippen LogP contribution < -0.4 is 20.3 Å². The number of carbonyl (C=O) groups is 1. The van der Waals surface area contributed by atoms with E-state index < -0.39 is 6.36 Å². The van der Waals surface area contributed by atoms with Gasteiger partial charge >= 0.3 is 6.36 Å². The van der Waals surface area contributed by atoms with E-state index in [4.69, 9.17) is 11.6 Å². The first-order valence-electron chi connectivity index (χ1n) is 13.3. The molecule has 0 bridgehead atoms. The lowest BCUT2D eigenvalue weighted by Gasteiger charge is -2.32. The Balaban J connectivity index is 1.14. The summed E-state index contributed by atoms with van der Waals surface area (Å²) in [6.07, 6.45) is -1.18. The number of hydrogen-bond donors (Lipinski definition) is 2. The summed E-state index contributed by atoms with van der Waals surface area (Å²) in [6.45, 7) is 6.41. The van der Waals surface area contributed by atoms with Crippen LogP contribution >= 0.6 is 11.6 Å². The summed E-state index contributed by atoms with van der Waals surface area (Å²) < 4.78 is 41.3. The smallest absolute Gasteiger partial charge is 0.406 e. The highest BCUT2D eigenvalue weighted by atomic mass is 35.5. The molecule has 0 atom stereocenters. The number of hydrogen-bond acceptors (Lipinski definition) is 6. The maximum Gasteiger partial charge on any atom is 0.573 e. The normalized spacial score (nSPS) is 17.1. The molecule has 0 spiro atoms. The van der Waals surface area contributed by atoms with Gasteiger partial charge < -0.3 is 20.3 Å². The monoisotopic (exact) mass is 573 g/mol. The molecule has 40 heavy (non-hydrogen) atoms. The topological polar surface area (TPSA) is 69.7 Å². The number of pyridine rings is 1. The third-order valence-corrected chi connectivity index (χ3v) is 7.63. The number of amides is 1. The van der Waals surface area contributed by atoms with E-state index >= 15 is 0 Å². The number of nitrogens with zero attached hydrogens (tertiary/aromatic N) is 3. The maximum atomic E-state index is 13.1. The molecule has 0 aliphatic carbocycles. The molecule has 0 radical (unpaired) electrons. The number of nitrogens with one attached hydrogen (secondary N) is 2. The Bertz CT molecular complexity index is 1290. The number of alkyl halides is 3. The molecule has 2 saturated heterocycles. The number of ether oxygens (including phenoxy) is 1. The first-order chi connectivity index (χ1) is 19.2. The molecule has 0 unspecified atom stereocenters. The zero-order valence-electron chi connectivity index (χ0n) is 21.9. The van der Waals surface area contributed by atoms with Crippen molar-refractivity contribution >= 4 is 23.3 Å². The number of rotatable bonds is 7. The molecule has 7 nitrogen and oxygen atoms in total. The van der Waals surface area contributed by atoms with Crippen LogP contribution in [0.1, 0.15) is 28.8 Å². The average molecular weight is 574 g/mol. The first-order valence-corrected chi connectivity index (χ1v) is 13.7. The molecular formula is C29H31ClF3N5O2. The average Bonchev–Trinajstić information content (AvgIpc) is 2.95. The fourth-order valence-electron chi connectivity index (χ4n) is 5.11. The summed E-state index contributed by atoms with van der Waals surface area (Å²) in [4.78, 5) is 22.4. The fourth-order valence-corrected chi connectivity index (χ4v) is 5.44. The first kappa shape index (κ1) is 28.2. The number of likely N-dealkylation sites (tertiary alicyclic amines) is 1.